The first kappa shape index (κ1) is 11.3. The van der Waals surface area contributed by atoms with Gasteiger partial charge in [0.1, 0.15) is 5.75 Å². The Morgan fingerprint density at radius 3 is 2.75 bits per heavy atom. The average molecular weight is 236 g/mol. The van der Waals surface area contributed by atoms with E-state index < -0.39 is 0 Å². The van der Waals surface area contributed by atoms with E-state index in [2.05, 4.69) is 17.2 Å². The summed E-state index contributed by atoms with van der Waals surface area (Å²) in [7, 11) is 1.68. The fourth-order valence-corrected chi connectivity index (χ4v) is 2.41. The van der Waals surface area contributed by atoms with Gasteiger partial charge in [0.15, 0.2) is 5.17 Å². The number of nitrogens with zero attached hydrogens (tertiary/aromatic N) is 1. The van der Waals surface area contributed by atoms with E-state index >= 15 is 0 Å². The maximum absolute atomic E-state index is 5.11. The van der Waals surface area contributed by atoms with E-state index in [1.165, 1.54) is 5.56 Å². The van der Waals surface area contributed by atoms with Gasteiger partial charge >= 0.3 is 0 Å². The first-order chi connectivity index (χ1) is 7.78. The van der Waals surface area contributed by atoms with E-state index in [0.29, 0.717) is 6.04 Å². The van der Waals surface area contributed by atoms with Crippen molar-refractivity contribution in [1.82, 2.24) is 5.32 Å². The zero-order valence-electron chi connectivity index (χ0n) is 9.56. The highest BCUT2D eigenvalue weighted by atomic mass is 32.2. The molecule has 1 saturated heterocycles. The third-order valence-corrected chi connectivity index (χ3v) is 3.59. The molecule has 1 unspecified atom stereocenters. The third kappa shape index (κ3) is 2.92. The molecule has 1 atom stereocenters. The van der Waals surface area contributed by atoms with E-state index in [4.69, 9.17) is 4.74 Å². The quantitative estimate of drug-likeness (QED) is 0.874. The number of aliphatic imine (C=N–C) groups is 1. The Morgan fingerprint density at radius 1 is 1.44 bits per heavy atom. The van der Waals surface area contributed by atoms with Gasteiger partial charge in [-0.3, -0.25) is 4.99 Å². The van der Waals surface area contributed by atoms with Gasteiger partial charge in [0.05, 0.1) is 13.7 Å². The van der Waals surface area contributed by atoms with Crippen molar-refractivity contribution in [2.24, 2.45) is 4.99 Å². The molecule has 86 valence electrons. The number of ether oxygens (including phenoxy) is 1. The van der Waals surface area contributed by atoms with Gasteiger partial charge in [-0.05, 0) is 24.6 Å². The van der Waals surface area contributed by atoms with Gasteiger partial charge in [-0.1, -0.05) is 23.9 Å². The lowest BCUT2D eigenvalue weighted by molar-refractivity contribution is 0.414. The van der Waals surface area contributed by atoms with Crippen LogP contribution in [-0.2, 0) is 6.54 Å². The third-order valence-electron chi connectivity index (χ3n) is 2.40. The maximum Gasteiger partial charge on any atom is 0.157 e. The minimum atomic E-state index is 0.541. The van der Waals surface area contributed by atoms with Crippen molar-refractivity contribution in [3.63, 3.8) is 0 Å². The van der Waals surface area contributed by atoms with Crippen LogP contribution in [0.3, 0.4) is 0 Å². The smallest absolute Gasteiger partial charge is 0.157 e. The van der Waals surface area contributed by atoms with E-state index in [0.717, 1.165) is 23.2 Å². The fourth-order valence-electron chi connectivity index (χ4n) is 1.48. The second-order valence-electron chi connectivity index (χ2n) is 3.83. The lowest BCUT2D eigenvalue weighted by atomic mass is 10.2. The molecule has 1 heterocycles. The number of hydrogen-bond acceptors (Lipinski definition) is 3. The second kappa shape index (κ2) is 5.25. The van der Waals surface area contributed by atoms with Crippen LogP contribution in [0.4, 0.5) is 0 Å². The Bertz CT molecular complexity index is 375. The molecule has 1 N–H and O–H groups in total. The summed E-state index contributed by atoms with van der Waals surface area (Å²) in [5, 5.41) is 4.39. The number of rotatable bonds is 3. The zero-order chi connectivity index (χ0) is 11.4. The summed E-state index contributed by atoms with van der Waals surface area (Å²) in [4.78, 5) is 4.53. The summed E-state index contributed by atoms with van der Waals surface area (Å²) in [6.07, 6.45) is 0. The number of benzene rings is 1. The van der Waals surface area contributed by atoms with Crippen LogP contribution < -0.4 is 10.1 Å². The van der Waals surface area contributed by atoms with Gasteiger partial charge in [-0.15, -0.1) is 0 Å². The molecule has 16 heavy (non-hydrogen) atoms. The number of amidine groups is 1. The fraction of sp³-hybridized carbons (Fsp3) is 0.417. The molecule has 1 fully saturated rings. The summed E-state index contributed by atoms with van der Waals surface area (Å²) in [6, 6.07) is 8.57. The Morgan fingerprint density at radius 2 is 2.19 bits per heavy atom. The van der Waals surface area contributed by atoms with Crippen LogP contribution in [0.5, 0.6) is 5.75 Å². The molecule has 0 amide bonds. The zero-order valence-corrected chi connectivity index (χ0v) is 10.4. The summed E-state index contributed by atoms with van der Waals surface area (Å²) >= 11 is 1.79. The summed E-state index contributed by atoms with van der Waals surface area (Å²) in [5.41, 5.74) is 1.20. The summed E-state index contributed by atoms with van der Waals surface area (Å²) < 4.78 is 5.11. The standard InChI is InChI=1S/C12H16N2OS/c1-9-8-16-12(14-9)13-7-10-3-5-11(15-2)6-4-10/h3-6,9H,7-8H2,1-2H3,(H,13,14). The molecular weight excluding hydrogens is 220 g/mol. The Kier molecular flexibility index (Phi) is 3.72. The predicted molar refractivity (Wildman–Crippen MR) is 69.2 cm³/mol. The monoisotopic (exact) mass is 236 g/mol. The summed E-state index contributed by atoms with van der Waals surface area (Å²) in [5.74, 6) is 2.00. The van der Waals surface area contributed by atoms with E-state index in [1.54, 1.807) is 18.9 Å². The van der Waals surface area contributed by atoms with Gasteiger partial charge in [-0.25, -0.2) is 0 Å². The number of thioether (sulfide) groups is 1. The van der Waals surface area contributed by atoms with Gasteiger partial charge in [0, 0.05) is 11.8 Å². The average Bonchev–Trinajstić information content (AvgIpc) is 2.73. The highest BCUT2D eigenvalue weighted by Gasteiger charge is 2.14. The van der Waals surface area contributed by atoms with Gasteiger partial charge < -0.3 is 10.1 Å². The van der Waals surface area contributed by atoms with Gasteiger partial charge in [0.2, 0.25) is 0 Å². The molecule has 2 rings (SSSR count). The van der Waals surface area contributed by atoms with Crippen LogP contribution >= 0.6 is 11.8 Å². The normalized spacial score (nSPS) is 22.1. The van der Waals surface area contributed by atoms with E-state index in [1.807, 2.05) is 24.3 Å². The molecule has 1 aliphatic heterocycles. The number of methoxy groups -OCH3 is 1. The number of nitrogens with one attached hydrogen (secondary N) is 1. The van der Waals surface area contributed by atoms with Crippen molar-refractivity contribution in [3.05, 3.63) is 29.8 Å². The van der Waals surface area contributed by atoms with Crippen LogP contribution in [-0.4, -0.2) is 24.1 Å². The Hall–Kier alpha value is -1.16. The Labute approximate surface area is 100 Å². The topological polar surface area (TPSA) is 33.6 Å². The van der Waals surface area contributed by atoms with Crippen LogP contribution in [0.25, 0.3) is 0 Å². The van der Waals surface area contributed by atoms with Crippen molar-refractivity contribution in [2.45, 2.75) is 19.5 Å². The molecule has 1 aromatic rings. The minimum absolute atomic E-state index is 0.541. The molecule has 4 heteroatoms. The molecule has 3 nitrogen and oxygen atoms in total. The van der Waals surface area contributed by atoms with Gasteiger partial charge in [0.25, 0.3) is 0 Å². The first-order valence-electron chi connectivity index (χ1n) is 5.34. The first-order valence-corrected chi connectivity index (χ1v) is 6.33. The van der Waals surface area contributed by atoms with Crippen molar-refractivity contribution < 1.29 is 4.74 Å². The lowest BCUT2D eigenvalue weighted by Crippen LogP contribution is -2.23. The van der Waals surface area contributed by atoms with Crippen LogP contribution in [0.2, 0.25) is 0 Å². The van der Waals surface area contributed by atoms with E-state index in [9.17, 15) is 0 Å². The lowest BCUT2D eigenvalue weighted by Gasteiger charge is -2.02. The second-order valence-corrected chi connectivity index (χ2v) is 4.83. The van der Waals surface area contributed by atoms with Crippen LogP contribution in [0, 0.1) is 0 Å². The molecule has 1 aliphatic rings. The molecule has 0 aromatic heterocycles. The molecule has 0 radical (unpaired) electrons. The van der Waals surface area contributed by atoms with Crippen LogP contribution in [0.15, 0.2) is 29.3 Å². The highest BCUT2D eigenvalue weighted by Crippen LogP contribution is 2.15. The molecule has 0 aliphatic carbocycles. The summed E-state index contributed by atoms with van der Waals surface area (Å²) in [6.45, 7) is 2.90. The number of hydrogen-bond donors (Lipinski definition) is 1. The maximum atomic E-state index is 5.11. The molecule has 0 saturated carbocycles. The minimum Gasteiger partial charge on any atom is -0.497 e. The van der Waals surface area contributed by atoms with Crippen molar-refractivity contribution in [3.8, 4) is 5.75 Å². The molecule has 0 bridgehead atoms. The van der Waals surface area contributed by atoms with Crippen LogP contribution in [0.1, 0.15) is 12.5 Å². The van der Waals surface area contributed by atoms with Crippen molar-refractivity contribution >= 4 is 16.9 Å². The van der Waals surface area contributed by atoms with E-state index in [-0.39, 0.29) is 0 Å². The van der Waals surface area contributed by atoms with Crippen molar-refractivity contribution in [1.29, 1.82) is 0 Å². The molecular formula is C12H16N2OS. The SMILES string of the molecule is COc1ccc(CN=C2NC(C)CS2)cc1. The Balaban J connectivity index is 1.94. The highest BCUT2D eigenvalue weighted by molar-refractivity contribution is 8.14. The van der Waals surface area contributed by atoms with Gasteiger partial charge in [-0.2, -0.15) is 0 Å². The molecule has 1 aromatic carbocycles. The van der Waals surface area contributed by atoms with Crippen molar-refractivity contribution in [2.75, 3.05) is 12.9 Å². The predicted octanol–water partition coefficient (Wildman–Crippen LogP) is 2.28. The molecule has 0 spiro atoms. The largest absolute Gasteiger partial charge is 0.497 e.